The number of fused-ring (bicyclic) bond motifs is 1. The van der Waals surface area contributed by atoms with Gasteiger partial charge in [0.1, 0.15) is 5.52 Å². The summed E-state index contributed by atoms with van der Waals surface area (Å²) in [6.07, 6.45) is 5.13. The lowest BCUT2D eigenvalue weighted by Gasteiger charge is -2.20. The lowest BCUT2D eigenvalue weighted by Crippen LogP contribution is -2.19. The summed E-state index contributed by atoms with van der Waals surface area (Å²) < 4.78 is 17.3. The van der Waals surface area contributed by atoms with Gasteiger partial charge in [-0.3, -0.25) is 0 Å². The van der Waals surface area contributed by atoms with E-state index in [0.29, 0.717) is 24.5 Å². The molecule has 0 saturated heterocycles. The summed E-state index contributed by atoms with van der Waals surface area (Å²) in [5.41, 5.74) is 3.88. The molecule has 2 aromatic carbocycles. The van der Waals surface area contributed by atoms with Crippen LogP contribution in [-0.2, 0) is 16.1 Å². The highest BCUT2D eigenvalue weighted by Crippen LogP contribution is 2.31. The summed E-state index contributed by atoms with van der Waals surface area (Å²) in [5.74, 6) is 1.29. The van der Waals surface area contributed by atoms with Crippen molar-refractivity contribution in [3.05, 3.63) is 54.1 Å². The predicted molar refractivity (Wildman–Crippen MR) is 102 cm³/mol. The van der Waals surface area contributed by atoms with Crippen molar-refractivity contribution in [1.82, 2.24) is 4.98 Å². The number of oxazole rings is 1. The molecule has 1 saturated carbocycles. The number of nitrogens with zero attached hydrogens (tertiary/aromatic N) is 1. The van der Waals surface area contributed by atoms with Gasteiger partial charge in [-0.2, -0.15) is 0 Å². The van der Waals surface area contributed by atoms with Crippen LogP contribution in [0.15, 0.2) is 52.9 Å². The third-order valence-corrected chi connectivity index (χ3v) is 5.24. The van der Waals surface area contributed by atoms with E-state index < -0.39 is 0 Å². The molecular formula is C22H25NO3. The first-order valence-electron chi connectivity index (χ1n) is 9.39. The largest absolute Gasteiger partial charge is 0.436 e. The maximum atomic E-state index is 6.20. The van der Waals surface area contributed by atoms with Crippen LogP contribution in [0.2, 0.25) is 0 Å². The monoisotopic (exact) mass is 351 g/mol. The second-order valence-electron chi connectivity index (χ2n) is 7.01. The Morgan fingerprint density at radius 2 is 1.92 bits per heavy atom. The molecule has 0 bridgehead atoms. The summed E-state index contributed by atoms with van der Waals surface area (Å²) in [4.78, 5) is 4.55. The Balaban J connectivity index is 1.38. The molecule has 3 aromatic rings. The Hall–Kier alpha value is -2.17. The second-order valence-corrected chi connectivity index (χ2v) is 7.01. The van der Waals surface area contributed by atoms with Gasteiger partial charge in [0.25, 0.3) is 0 Å². The van der Waals surface area contributed by atoms with Gasteiger partial charge in [-0.15, -0.1) is 0 Å². The lowest BCUT2D eigenvalue weighted by atomic mass is 10.0. The molecule has 0 radical (unpaired) electrons. The molecule has 2 atom stereocenters. The van der Waals surface area contributed by atoms with Crippen LogP contribution in [0.4, 0.5) is 0 Å². The van der Waals surface area contributed by atoms with Gasteiger partial charge in [0, 0.05) is 19.3 Å². The smallest absolute Gasteiger partial charge is 0.227 e. The van der Waals surface area contributed by atoms with Crippen LogP contribution >= 0.6 is 0 Å². The molecule has 4 rings (SSSR count). The van der Waals surface area contributed by atoms with Crippen molar-refractivity contribution in [2.75, 3.05) is 13.7 Å². The Morgan fingerprint density at radius 3 is 2.73 bits per heavy atom. The molecule has 0 amide bonds. The van der Waals surface area contributed by atoms with Crippen molar-refractivity contribution in [3.63, 3.8) is 0 Å². The second kappa shape index (κ2) is 8.02. The van der Waals surface area contributed by atoms with E-state index >= 15 is 0 Å². The summed E-state index contributed by atoms with van der Waals surface area (Å²) in [6.45, 7) is 1.48. The molecule has 0 N–H and O–H groups in total. The van der Waals surface area contributed by atoms with E-state index in [9.17, 15) is 0 Å². The number of rotatable bonds is 7. The fraction of sp³-hybridized carbons (Fsp3) is 0.409. The first-order valence-corrected chi connectivity index (χ1v) is 9.39. The van der Waals surface area contributed by atoms with Crippen molar-refractivity contribution < 1.29 is 13.9 Å². The predicted octanol–water partition coefficient (Wildman–Crippen LogP) is 5.22. The molecular weight excluding hydrogens is 326 g/mol. The van der Waals surface area contributed by atoms with Crippen LogP contribution in [0.5, 0.6) is 0 Å². The fourth-order valence-corrected chi connectivity index (χ4v) is 3.76. The topological polar surface area (TPSA) is 44.5 Å². The third kappa shape index (κ3) is 3.81. The Morgan fingerprint density at radius 1 is 1.08 bits per heavy atom. The highest BCUT2D eigenvalue weighted by molar-refractivity contribution is 5.75. The van der Waals surface area contributed by atoms with Crippen LogP contribution in [0.1, 0.15) is 31.2 Å². The first kappa shape index (κ1) is 17.3. The molecule has 136 valence electrons. The number of ether oxygens (including phenoxy) is 2. The van der Waals surface area contributed by atoms with E-state index in [1.807, 2.05) is 24.3 Å². The fourth-order valence-electron chi connectivity index (χ4n) is 3.76. The van der Waals surface area contributed by atoms with Crippen LogP contribution < -0.4 is 0 Å². The van der Waals surface area contributed by atoms with E-state index in [-0.39, 0.29) is 0 Å². The van der Waals surface area contributed by atoms with Gasteiger partial charge in [0.2, 0.25) is 5.89 Å². The van der Waals surface area contributed by atoms with E-state index in [2.05, 4.69) is 29.2 Å². The number of methoxy groups -OCH3 is 1. The Kier molecular flexibility index (Phi) is 5.32. The van der Waals surface area contributed by atoms with Crippen molar-refractivity contribution in [2.45, 2.75) is 38.4 Å². The Labute approximate surface area is 154 Å². The molecule has 1 aromatic heterocycles. The quantitative estimate of drug-likeness (QED) is 0.586. The highest BCUT2D eigenvalue weighted by Gasteiger charge is 2.27. The van der Waals surface area contributed by atoms with Crippen molar-refractivity contribution >= 4 is 11.1 Å². The molecule has 0 unspecified atom stereocenters. The van der Waals surface area contributed by atoms with E-state index in [1.165, 1.54) is 18.4 Å². The van der Waals surface area contributed by atoms with Gasteiger partial charge in [0.15, 0.2) is 5.58 Å². The zero-order chi connectivity index (χ0) is 17.8. The SMILES string of the molecule is COCC[C@@H]1CCC[C@H]1OCc1ccc(-c2nc3ccccc3o2)cc1. The number of hydrogen-bond donors (Lipinski definition) is 0. The standard InChI is InChI=1S/C22H25NO3/c1-24-14-13-17-5-4-8-20(17)25-15-16-9-11-18(12-10-16)22-23-19-6-2-3-7-21(19)26-22/h2-3,6-7,9-12,17,20H,4-5,8,13-15H2,1H3/t17-,20+/m0/s1. The maximum Gasteiger partial charge on any atom is 0.227 e. The molecule has 1 heterocycles. The number of hydrogen-bond acceptors (Lipinski definition) is 4. The molecule has 4 nitrogen and oxygen atoms in total. The zero-order valence-corrected chi connectivity index (χ0v) is 15.2. The van der Waals surface area contributed by atoms with E-state index in [1.54, 1.807) is 7.11 Å². The van der Waals surface area contributed by atoms with Gasteiger partial charge in [-0.05, 0) is 55.0 Å². The third-order valence-electron chi connectivity index (χ3n) is 5.24. The maximum absolute atomic E-state index is 6.20. The zero-order valence-electron chi connectivity index (χ0n) is 15.2. The molecule has 1 fully saturated rings. The van der Waals surface area contributed by atoms with Gasteiger partial charge >= 0.3 is 0 Å². The summed E-state index contributed by atoms with van der Waals surface area (Å²) in [7, 11) is 1.77. The lowest BCUT2D eigenvalue weighted by molar-refractivity contribution is 0.00743. The molecule has 26 heavy (non-hydrogen) atoms. The minimum atomic E-state index is 0.363. The van der Waals surface area contributed by atoms with Crippen LogP contribution in [0.25, 0.3) is 22.6 Å². The first-order chi connectivity index (χ1) is 12.8. The molecule has 0 aliphatic heterocycles. The van der Waals surface area contributed by atoms with Crippen molar-refractivity contribution in [1.29, 1.82) is 0 Å². The number of aromatic nitrogens is 1. The van der Waals surface area contributed by atoms with Gasteiger partial charge in [0.05, 0.1) is 12.7 Å². The number of benzene rings is 2. The minimum absolute atomic E-state index is 0.363. The minimum Gasteiger partial charge on any atom is -0.436 e. The van der Waals surface area contributed by atoms with Gasteiger partial charge < -0.3 is 13.9 Å². The molecule has 1 aliphatic carbocycles. The van der Waals surface area contributed by atoms with Gasteiger partial charge in [-0.1, -0.05) is 30.7 Å². The number of para-hydroxylation sites is 2. The average molecular weight is 351 g/mol. The summed E-state index contributed by atoms with van der Waals surface area (Å²) in [6, 6.07) is 16.1. The molecule has 1 aliphatic rings. The summed E-state index contributed by atoms with van der Waals surface area (Å²) >= 11 is 0. The average Bonchev–Trinajstić information content (AvgIpc) is 3.31. The highest BCUT2D eigenvalue weighted by atomic mass is 16.5. The molecule has 4 heteroatoms. The van der Waals surface area contributed by atoms with Crippen LogP contribution in [-0.4, -0.2) is 24.8 Å². The van der Waals surface area contributed by atoms with Crippen LogP contribution in [0, 0.1) is 5.92 Å². The van der Waals surface area contributed by atoms with Crippen LogP contribution in [0.3, 0.4) is 0 Å². The summed E-state index contributed by atoms with van der Waals surface area (Å²) in [5, 5.41) is 0. The Bertz CT molecular complexity index is 807. The molecule has 0 spiro atoms. The van der Waals surface area contributed by atoms with Crippen molar-refractivity contribution in [2.24, 2.45) is 5.92 Å². The van der Waals surface area contributed by atoms with E-state index in [0.717, 1.165) is 36.1 Å². The van der Waals surface area contributed by atoms with Gasteiger partial charge in [-0.25, -0.2) is 4.98 Å². The normalized spacial score (nSPS) is 20.0. The van der Waals surface area contributed by atoms with Crippen molar-refractivity contribution in [3.8, 4) is 11.5 Å². The van der Waals surface area contributed by atoms with E-state index in [4.69, 9.17) is 13.9 Å².